The Hall–Kier alpha value is -3.01. The van der Waals surface area contributed by atoms with Gasteiger partial charge in [0.1, 0.15) is 6.04 Å². The largest absolute Gasteiger partial charge is 0.414 e. The highest BCUT2D eigenvalue weighted by molar-refractivity contribution is 6.30. The lowest BCUT2D eigenvalue weighted by atomic mass is 10.1. The number of rotatable bonds is 5. The number of hydrogen-bond acceptors (Lipinski definition) is 4. The Morgan fingerprint density at radius 1 is 1.27 bits per heavy atom. The number of hydrogen-bond donors (Lipinski definition) is 2. The summed E-state index contributed by atoms with van der Waals surface area (Å²) in [6, 6.07) is 4.87. The molecule has 176 valence electrons. The summed E-state index contributed by atoms with van der Waals surface area (Å²) in [5.41, 5.74) is 2.61. The molecule has 2 N–H and O–H groups in total. The van der Waals surface area contributed by atoms with Crippen LogP contribution in [0.4, 0.5) is 23.7 Å². The lowest BCUT2D eigenvalue weighted by Gasteiger charge is -2.32. The van der Waals surface area contributed by atoms with Crippen molar-refractivity contribution in [3.63, 3.8) is 0 Å². The summed E-state index contributed by atoms with van der Waals surface area (Å²) in [6.45, 7) is -0.0473. The van der Waals surface area contributed by atoms with Gasteiger partial charge in [0.2, 0.25) is 5.91 Å². The maximum atomic E-state index is 13.9. The number of pyridine rings is 1. The van der Waals surface area contributed by atoms with Crippen LogP contribution in [-0.2, 0) is 17.6 Å². The lowest BCUT2D eigenvalue weighted by Crippen LogP contribution is -2.49. The smallest absolute Gasteiger partial charge is 0.380 e. The number of urea groups is 1. The number of anilines is 1. The molecule has 2 heterocycles. The van der Waals surface area contributed by atoms with Crippen LogP contribution in [0.5, 0.6) is 0 Å². The third-order valence-electron chi connectivity index (χ3n) is 6.10. The summed E-state index contributed by atoms with van der Waals surface area (Å²) in [5.74, 6) is -0.815. The van der Waals surface area contributed by atoms with Crippen molar-refractivity contribution in [3.05, 3.63) is 58.4 Å². The zero-order chi connectivity index (χ0) is 23.9. The number of benzene rings is 1. The van der Waals surface area contributed by atoms with E-state index >= 15 is 0 Å². The third kappa shape index (κ3) is 4.71. The number of carbonyl (C=O) groups is 2. The predicted molar refractivity (Wildman–Crippen MR) is 117 cm³/mol. The van der Waals surface area contributed by atoms with Crippen molar-refractivity contribution in [2.24, 2.45) is 0 Å². The second-order valence-electron chi connectivity index (χ2n) is 8.34. The van der Waals surface area contributed by atoms with Crippen LogP contribution in [-0.4, -0.2) is 65.6 Å². The zero-order valence-corrected chi connectivity index (χ0v) is 18.7. The van der Waals surface area contributed by atoms with Gasteiger partial charge in [0.05, 0.1) is 17.6 Å². The van der Waals surface area contributed by atoms with Crippen molar-refractivity contribution in [3.8, 4) is 0 Å². The van der Waals surface area contributed by atoms with Crippen LogP contribution in [0.3, 0.4) is 0 Å². The summed E-state index contributed by atoms with van der Waals surface area (Å²) >= 11 is 6.05. The predicted octanol–water partition coefficient (Wildman–Crippen LogP) is 3.40. The summed E-state index contributed by atoms with van der Waals surface area (Å²) < 4.78 is 41.8. The first-order valence-corrected chi connectivity index (χ1v) is 10.8. The number of likely N-dealkylation sites (N-methyl/N-ethyl adjacent to an activating group) is 2. The fraction of sp³-hybridized carbons (Fsp3) is 0.409. The van der Waals surface area contributed by atoms with Crippen molar-refractivity contribution < 1.29 is 22.8 Å². The van der Waals surface area contributed by atoms with Crippen molar-refractivity contribution in [2.45, 2.75) is 37.1 Å². The van der Waals surface area contributed by atoms with Gasteiger partial charge in [0.25, 0.3) is 0 Å². The highest BCUT2D eigenvalue weighted by Gasteiger charge is 2.48. The van der Waals surface area contributed by atoms with E-state index < -0.39 is 30.2 Å². The molecule has 1 aliphatic carbocycles. The second-order valence-corrected chi connectivity index (χ2v) is 8.78. The Balaban J connectivity index is 1.48. The molecular weight excluding hydrogens is 459 g/mol. The molecule has 4 rings (SSSR count). The van der Waals surface area contributed by atoms with Crippen molar-refractivity contribution in [1.29, 1.82) is 0 Å². The molecule has 0 radical (unpaired) electrons. The molecule has 1 aromatic heterocycles. The van der Waals surface area contributed by atoms with Gasteiger partial charge in [-0.2, -0.15) is 13.2 Å². The van der Waals surface area contributed by atoms with Gasteiger partial charge < -0.3 is 20.4 Å². The Morgan fingerprint density at radius 3 is 2.61 bits per heavy atom. The van der Waals surface area contributed by atoms with Crippen LogP contribution in [0.15, 0.2) is 36.5 Å². The Kier molecular flexibility index (Phi) is 6.13. The monoisotopic (exact) mass is 481 g/mol. The first kappa shape index (κ1) is 23.2. The highest BCUT2D eigenvalue weighted by Crippen LogP contribution is 2.37. The van der Waals surface area contributed by atoms with E-state index in [0.717, 1.165) is 30.4 Å². The van der Waals surface area contributed by atoms with E-state index in [1.54, 1.807) is 0 Å². The normalized spacial score (nSPS) is 20.9. The molecule has 1 saturated heterocycles. The van der Waals surface area contributed by atoms with Crippen LogP contribution in [0.2, 0.25) is 5.02 Å². The molecule has 0 spiro atoms. The van der Waals surface area contributed by atoms with E-state index in [1.165, 1.54) is 30.9 Å². The van der Waals surface area contributed by atoms with Gasteiger partial charge in [-0.25, -0.2) is 4.79 Å². The van der Waals surface area contributed by atoms with Gasteiger partial charge in [-0.05, 0) is 48.2 Å². The SMILES string of the molecule is CN(C(=O)[C@H]1CNC(=O)N1C)C(c1ccc(N[C@H]2Cc3ccc(Cl)cc3C2)cn1)C(F)(F)F. The van der Waals surface area contributed by atoms with Gasteiger partial charge in [-0.15, -0.1) is 0 Å². The Morgan fingerprint density at radius 2 is 2.00 bits per heavy atom. The van der Waals surface area contributed by atoms with E-state index in [1.807, 2.05) is 18.2 Å². The van der Waals surface area contributed by atoms with Crippen LogP contribution < -0.4 is 10.6 Å². The molecule has 7 nitrogen and oxygen atoms in total. The summed E-state index contributed by atoms with van der Waals surface area (Å²) in [6.07, 6.45) is -1.87. The van der Waals surface area contributed by atoms with Crippen molar-refractivity contribution in [1.82, 2.24) is 20.1 Å². The minimum atomic E-state index is -4.74. The molecule has 2 aliphatic rings. The number of carbonyl (C=O) groups excluding carboxylic acids is 2. The fourth-order valence-corrected chi connectivity index (χ4v) is 4.56. The maximum absolute atomic E-state index is 13.9. The number of nitrogens with zero attached hydrogens (tertiary/aromatic N) is 3. The molecule has 3 amide bonds. The summed E-state index contributed by atoms with van der Waals surface area (Å²) in [4.78, 5) is 30.1. The van der Waals surface area contributed by atoms with Crippen LogP contribution in [0.1, 0.15) is 22.9 Å². The Labute approximate surface area is 193 Å². The molecule has 3 atom stereocenters. The number of aromatic nitrogens is 1. The first-order valence-electron chi connectivity index (χ1n) is 10.4. The quantitative estimate of drug-likeness (QED) is 0.686. The van der Waals surface area contributed by atoms with Gasteiger partial charge in [-0.1, -0.05) is 17.7 Å². The van der Waals surface area contributed by atoms with E-state index in [4.69, 9.17) is 11.6 Å². The van der Waals surface area contributed by atoms with E-state index in [9.17, 15) is 22.8 Å². The molecule has 33 heavy (non-hydrogen) atoms. The van der Waals surface area contributed by atoms with E-state index in [-0.39, 0.29) is 18.3 Å². The number of nitrogens with one attached hydrogen (secondary N) is 2. The minimum absolute atomic E-state index is 0.0473. The number of amides is 3. The van der Waals surface area contributed by atoms with Crippen LogP contribution in [0, 0.1) is 0 Å². The van der Waals surface area contributed by atoms with Gasteiger partial charge in [0, 0.05) is 31.7 Å². The second kappa shape index (κ2) is 8.74. The van der Waals surface area contributed by atoms with Crippen molar-refractivity contribution in [2.75, 3.05) is 26.0 Å². The number of halogens is 4. The fourth-order valence-electron chi connectivity index (χ4n) is 4.37. The average molecular weight is 482 g/mol. The van der Waals surface area contributed by atoms with Crippen LogP contribution in [0.25, 0.3) is 0 Å². The molecule has 1 unspecified atom stereocenters. The highest BCUT2D eigenvalue weighted by atomic mass is 35.5. The minimum Gasteiger partial charge on any atom is -0.380 e. The number of alkyl halides is 3. The van der Waals surface area contributed by atoms with E-state index in [2.05, 4.69) is 15.6 Å². The van der Waals surface area contributed by atoms with Crippen molar-refractivity contribution >= 4 is 29.2 Å². The van der Waals surface area contributed by atoms with E-state index in [0.29, 0.717) is 15.6 Å². The molecule has 0 bridgehead atoms. The third-order valence-corrected chi connectivity index (χ3v) is 6.34. The average Bonchev–Trinajstić information content (AvgIpc) is 3.30. The molecule has 1 fully saturated rings. The van der Waals surface area contributed by atoms with Gasteiger partial charge in [0.15, 0.2) is 6.04 Å². The number of fused-ring (bicyclic) bond motifs is 1. The molecule has 1 aromatic carbocycles. The summed E-state index contributed by atoms with van der Waals surface area (Å²) in [5, 5.41) is 6.42. The molecule has 1 aliphatic heterocycles. The maximum Gasteiger partial charge on any atom is 0.414 e. The molecule has 11 heteroatoms. The molecule has 2 aromatic rings. The topological polar surface area (TPSA) is 77.6 Å². The van der Waals surface area contributed by atoms with Crippen LogP contribution >= 0.6 is 11.6 Å². The molecule has 0 saturated carbocycles. The van der Waals surface area contributed by atoms with Gasteiger partial charge in [-0.3, -0.25) is 9.78 Å². The summed E-state index contributed by atoms with van der Waals surface area (Å²) in [7, 11) is 2.45. The first-order chi connectivity index (χ1) is 15.5. The molecular formula is C22H23ClF3N5O2. The zero-order valence-electron chi connectivity index (χ0n) is 18.0. The standard InChI is InChI=1S/C22H23ClF3N5O2/c1-30-18(11-28-21(30)33)20(32)31(2)19(22(24,25)26)17-6-5-15(10-27-17)29-16-8-12-3-4-14(23)7-13(12)9-16/h3-7,10,16,18-19,29H,8-9,11H2,1-2H3,(H,28,33)/t16-,18+,19?/m0/s1. The lowest BCUT2D eigenvalue weighted by molar-refractivity contribution is -0.191. The Bertz CT molecular complexity index is 1060. The van der Waals surface area contributed by atoms with Gasteiger partial charge >= 0.3 is 12.2 Å².